The van der Waals surface area contributed by atoms with Crippen molar-refractivity contribution in [2.45, 2.75) is 44.8 Å². The molecule has 3 aliphatic heterocycles. The Morgan fingerprint density at radius 2 is 2.06 bits per heavy atom. The molecule has 0 bridgehead atoms. The van der Waals surface area contributed by atoms with Crippen LogP contribution in [0.1, 0.15) is 43.8 Å². The van der Waals surface area contributed by atoms with E-state index in [0.29, 0.717) is 6.04 Å². The fourth-order valence-electron chi connectivity index (χ4n) is 3.59. The van der Waals surface area contributed by atoms with E-state index in [2.05, 4.69) is 25.9 Å². The number of nitrogens with one attached hydrogen (secondary N) is 1. The molecule has 1 atom stereocenters. The van der Waals surface area contributed by atoms with Crippen LogP contribution < -0.4 is 5.32 Å². The lowest BCUT2D eigenvalue weighted by molar-refractivity contribution is 0.282. The largest absolute Gasteiger partial charge is 0.320 e. The first kappa shape index (κ1) is 10.5. The summed E-state index contributed by atoms with van der Waals surface area (Å²) in [6, 6.07) is 2.61. The van der Waals surface area contributed by atoms with E-state index in [1.165, 1.54) is 43.4 Å². The number of fused-ring (bicyclic) bond motifs is 3. The van der Waals surface area contributed by atoms with Crippen LogP contribution in [0.3, 0.4) is 0 Å². The van der Waals surface area contributed by atoms with E-state index in [4.69, 9.17) is 0 Å². The normalized spacial score (nSPS) is 24.6. The fourth-order valence-corrected chi connectivity index (χ4v) is 3.59. The van der Waals surface area contributed by atoms with E-state index in [-0.39, 0.29) is 0 Å². The second-order valence-corrected chi connectivity index (χ2v) is 5.52. The molecule has 18 heavy (non-hydrogen) atoms. The molecule has 1 saturated carbocycles. The third-order valence-corrected chi connectivity index (χ3v) is 4.48. The van der Waals surface area contributed by atoms with Crippen LogP contribution in [0.15, 0.2) is 18.6 Å². The molecule has 0 amide bonds. The zero-order valence-electron chi connectivity index (χ0n) is 10.5. The first-order chi connectivity index (χ1) is 8.93. The van der Waals surface area contributed by atoms with Gasteiger partial charge in [-0.3, -0.25) is 5.32 Å². The predicted octanol–water partition coefficient (Wildman–Crippen LogP) is 2.57. The molecule has 94 valence electrons. The Morgan fingerprint density at radius 1 is 1.17 bits per heavy atom. The smallest absolute Gasteiger partial charge is 0.162 e. The molecule has 3 heterocycles. The molecule has 1 unspecified atom stereocenters. The van der Waals surface area contributed by atoms with Crippen molar-refractivity contribution < 1.29 is 0 Å². The molecule has 1 fully saturated rings. The number of aromatic nitrogens is 3. The molecular weight excluding hydrogens is 224 g/mol. The number of hydrogen-bond acceptors (Lipinski definition) is 3. The minimum Gasteiger partial charge on any atom is -0.320 e. The van der Waals surface area contributed by atoms with E-state index in [0.717, 1.165) is 18.4 Å². The molecule has 0 aromatic rings. The van der Waals surface area contributed by atoms with E-state index >= 15 is 0 Å². The third kappa shape index (κ3) is 1.48. The number of rotatable bonds is 1. The summed E-state index contributed by atoms with van der Waals surface area (Å²) in [5, 5.41) is 3.67. The van der Waals surface area contributed by atoms with E-state index in [9.17, 15) is 0 Å². The van der Waals surface area contributed by atoms with Gasteiger partial charge in [-0.2, -0.15) is 0 Å². The lowest BCUT2D eigenvalue weighted by Crippen LogP contribution is -2.24. The van der Waals surface area contributed by atoms with Crippen LogP contribution in [-0.2, 0) is 6.67 Å². The summed E-state index contributed by atoms with van der Waals surface area (Å²) < 4.78 is 2.25. The highest BCUT2D eigenvalue weighted by Crippen LogP contribution is 2.40. The summed E-state index contributed by atoms with van der Waals surface area (Å²) in [7, 11) is 0. The zero-order chi connectivity index (χ0) is 11.9. The van der Waals surface area contributed by atoms with Gasteiger partial charge in [0.05, 0.1) is 19.0 Å². The summed E-state index contributed by atoms with van der Waals surface area (Å²) >= 11 is 0. The molecule has 0 aromatic heterocycles. The Balaban J connectivity index is 1.76. The van der Waals surface area contributed by atoms with Crippen molar-refractivity contribution in [1.82, 2.24) is 19.9 Å². The summed E-state index contributed by atoms with van der Waals surface area (Å²) in [6.45, 7) is 0.893. The average molecular weight is 242 g/mol. The molecule has 0 saturated heterocycles. The van der Waals surface area contributed by atoms with Crippen LogP contribution in [0.2, 0.25) is 0 Å². The second-order valence-electron chi connectivity index (χ2n) is 5.52. The predicted molar refractivity (Wildman–Crippen MR) is 69.1 cm³/mol. The molecule has 4 aliphatic rings. The van der Waals surface area contributed by atoms with Crippen LogP contribution in [0.5, 0.6) is 0 Å². The van der Waals surface area contributed by atoms with Gasteiger partial charge >= 0.3 is 0 Å². The van der Waals surface area contributed by atoms with Crippen molar-refractivity contribution in [2.75, 3.05) is 0 Å². The van der Waals surface area contributed by atoms with Crippen molar-refractivity contribution in [3.8, 4) is 11.4 Å². The molecule has 0 aromatic carbocycles. The number of nitrogens with zero attached hydrogens (tertiary/aromatic N) is 3. The van der Waals surface area contributed by atoms with E-state index in [1.54, 1.807) is 0 Å². The Kier molecular flexibility index (Phi) is 2.36. The SMILES string of the molecule is c1cc2c3n(cnc-2n1)CNC3C1CCCCC1. The number of hydrogen-bond donors (Lipinski definition) is 1. The molecule has 1 aliphatic carbocycles. The highest BCUT2D eigenvalue weighted by Gasteiger charge is 2.33. The maximum atomic E-state index is 4.40. The Labute approximate surface area is 107 Å². The average Bonchev–Trinajstić information content (AvgIpc) is 3.05. The molecule has 0 radical (unpaired) electrons. The minimum atomic E-state index is 0.500. The third-order valence-electron chi connectivity index (χ3n) is 4.48. The zero-order valence-corrected chi connectivity index (χ0v) is 10.5. The summed E-state index contributed by atoms with van der Waals surface area (Å²) in [5.41, 5.74) is 2.64. The molecule has 4 heteroatoms. The first-order valence-corrected chi connectivity index (χ1v) is 6.96. The minimum absolute atomic E-state index is 0.500. The molecule has 4 nitrogen and oxygen atoms in total. The monoisotopic (exact) mass is 242 g/mol. The topological polar surface area (TPSA) is 42.7 Å². The van der Waals surface area contributed by atoms with Gasteiger partial charge in [-0.1, -0.05) is 19.3 Å². The van der Waals surface area contributed by atoms with Crippen LogP contribution >= 0.6 is 0 Å². The Morgan fingerprint density at radius 3 is 2.94 bits per heavy atom. The van der Waals surface area contributed by atoms with Gasteiger partial charge in [0.2, 0.25) is 0 Å². The van der Waals surface area contributed by atoms with Gasteiger partial charge in [0.15, 0.2) is 5.82 Å². The van der Waals surface area contributed by atoms with Gasteiger partial charge in [-0.15, -0.1) is 0 Å². The molecular formula is C14H18N4. The summed E-state index contributed by atoms with van der Waals surface area (Å²) in [5.74, 6) is 1.68. The quantitative estimate of drug-likeness (QED) is 0.835. The lowest BCUT2D eigenvalue weighted by atomic mass is 9.82. The van der Waals surface area contributed by atoms with Gasteiger partial charge in [-0.25, -0.2) is 9.97 Å². The molecule has 1 N–H and O–H groups in total. The highest BCUT2D eigenvalue weighted by molar-refractivity contribution is 5.61. The van der Waals surface area contributed by atoms with Crippen molar-refractivity contribution in [2.24, 2.45) is 5.92 Å². The van der Waals surface area contributed by atoms with Crippen molar-refractivity contribution in [3.05, 3.63) is 24.3 Å². The van der Waals surface area contributed by atoms with Gasteiger partial charge in [0, 0.05) is 17.5 Å². The van der Waals surface area contributed by atoms with Crippen LogP contribution in [0.25, 0.3) is 11.4 Å². The second kappa shape index (κ2) is 4.05. The van der Waals surface area contributed by atoms with Crippen LogP contribution in [0, 0.1) is 5.92 Å². The Hall–Kier alpha value is -1.42. The maximum Gasteiger partial charge on any atom is 0.162 e. The highest BCUT2D eigenvalue weighted by atomic mass is 15.2. The first-order valence-electron chi connectivity index (χ1n) is 6.96. The Bertz CT molecular complexity index is 527. The van der Waals surface area contributed by atoms with Gasteiger partial charge in [0.25, 0.3) is 0 Å². The van der Waals surface area contributed by atoms with Gasteiger partial charge < -0.3 is 4.57 Å². The van der Waals surface area contributed by atoms with E-state index in [1.807, 2.05) is 12.5 Å². The van der Waals surface area contributed by atoms with Crippen LogP contribution in [0.4, 0.5) is 0 Å². The fraction of sp³-hybridized carbons (Fsp3) is 0.571. The van der Waals surface area contributed by atoms with Crippen LogP contribution in [-0.4, -0.2) is 14.5 Å². The van der Waals surface area contributed by atoms with E-state index < -0.39 is 0 Å². The van der Waals surface area contributed by atoms with Crippen molar-refractivity contribution in [1.29, 1.82) is 0 Å². The van der Waals surface area contributed by atoms with Crippen molar-refractivity contribution >= 4 is 0 Å². The van der Waals surface area contributed by atoms with Gasteiger partial charge in [-0.05, 0) is 24.8 Å². The van der Waals surface area contributed by atoms with Gasteiger partial charge in [0.1, 0.15) is 0 Å². The molecule has 4 rings (SSSR count). The van der Waals surface area contributed by atoms with Crippen molar-refractivity contribution in [3.63, 3.8) is 0 Å². The maximum absolute atomic E-state index is 4.40. The summed E-state index contributed by atoms with van der Waals surface area (Å²) in [6.07, 6.45) is 10.7. The summed E-state index contributed by atoms with van der Waals surface area (Å²) in [4.78, 5) is 8.73. The standard InChI is InChI=1S/C14H18N4/c1-2-4-10(5-3-1)12-13-11-6-7-15-14(11)17-9-18(13)8-16-12/h6-7,9-10,12,16H,1-5,8H2. The lowest BCUT2D eigenvalue weighted by Gasteiger charge is -2.28. The molecule has 0 spiro atoms.